The zero-order valence-electron chi connectivity index (χ0n) is 11.4. The molecule has 1 atom stereocenters. The second kappa shape index (κ2) is 12.0. The van der Waals surface area contributed by atoms with E-state index in [9.17, 15) is 0 Å². The number of nitrogens with zero attached hydrogens (tertiary/aromatic N) is 1. The molecule has 0 heterocycles. The Labute approximate surface area is 110 Å². The van der Waals surface area contributed by atoms with Crippen LogP contribution < -0.4 is 11.1 Å². The van der Waals surface area contributed by atoms with Crippen LogP contribution in [0.5, 0.6) is 0 Å². The molecule has 102 valence electrons. The van der Waals surface area contributed by atoms with Crippen molar-refractivity contribution in [1.82, 2.24) is 5.32 Å². The quantitative estimate of drug-likeness (QED) is 0.358. The maximum atomic E-state index is 5.75. The molecule has 0 aliphatic rings. The Morgan fingerprint density at radius 2 is 2.06 bits per heavy atom. The molecule has 0 amide bonds. The van der Waals surface area contributed by atoms with E-state index in [1.54, 1.807) is 7.11 Å². The van der Waals surface area contributed by atoms with Crippen LogP contribution in [0.3, 0.4) is 0 Å². The monoisotopic (exact) mass is 261 g/mol. The lowest BCUT2D eigenvalue weighted by Gasteiger charge is -2.12. The smallest absolute Gasteiger partial charge is 0.188 e. The van der Waals surface area contributed by atoms with Gasteiger partial charge in [0.1, 0.15) is 0 Å². The molecule has 1 unspecified atom stereocenters. The third-order valence-electron chi connectivity index (χ3n) is 2.35. The Morgan fingerprint density at radius 3 is 2.71 bits per heavy atom. The summed E-state index contributed by atoms with van der Waals surface area (Å²) in [4.78, 5) is 4.29. The highest BCUT2D eigenvalue weighted by molar-refractivity contribution is 7.98. The molecule has 0 aliphatic heterocycles. The van der Waals surface area contributed by atoms with Gasteiger partial charge in [0.05, 0.1) is 6.61 Å². The Balaban J connectivity index is 3.43. The molecule has 0 radical (unpaired) electrons. The number of thioether (sulfide) groups is 1. The summed E-state index contributed by atoms with van der Waals surface area (Å²) < 4.78 is 5.01. The molecule has 0 aromatic carbocycles. The molecular formula is C12H27N3OS. The van der Waals surface area contributed by atoms with Crippen LogP contribution in [0, 0.1) is 0 Å². The van der Waals surface area contributed by atoms with Gasteiger partial charge in [-0.05, 0) is 31.8 Å². The maximum Gasteiger partial charge on any atom is 0.188 e. The summed E-state index contributed by atoms with van der Waals surface area (Å²) in [5.41, 5.74) is 5.75. The lowest BCUT2D eigenvalue weighted by molar-refractivity contribution is 0.179. The molecule has 0 aromatic heterocycles. The number of methoxy groups -OCH3 is 1. The van der Waals surface area contributed by atoms with E-state index in [4.69, 9.17) is 10.5 Å². The van der Waals surface area contributed by atoms with Gasteiger partial charge >= 0.3 is 0 Å². The zero-order chi connectivity index (χ0) is 12.9. The zero-order valence-corrected chi connectivity index (χ0v) is 12.2. The molecule has 0 bridgehead atoms. The molecule has 4 nitrogen and oxygen atoms in total. The molecule has 0 saturated heterocycles. The Kier molecular flexibility index (Phi) is 11.8. The van der Waals surface area contributed by atoms with Crippen LogP contribution in [-0.4, -0.2) is 44.3 Å². The van der Waals surface area contributed by atoms with Crippen molar-refractivity contribution in [3.05, 3.63) is 0 Å². The summed E-state index contributed by atoms with van der Waals surface area (Å²) in [7, 11) is 1.68. The van der Waals surface area contributed by atoms with Gasteiger partial charge in [0.25, 0.3) is 0 Å². The van der Waals surface area contributed by atoms with Crippen molar-refractivity contribution >= 4 is 17.7 Å². The summed E-state index contributed by atoms with van der Waals surface area (Å²) in [6.07, 6.45) is 7.12. The topological polar surface area (TPSA) is 59.6 Å². The minimum Gasteiger partial charge on any atom is -0.383 e. The molecule has 17 heavy (non-hydrogen) atoms. The van der Waals surface area contributed by atoms with Crippen molar-refractivity contribution in [3.8, 4) is 0 Å². The minimum atomic E-state index is 0.213. The van der Waals surface area contributed by atoms with E-state index in [0.717, 1.165) is 13.0 Å². The third kappa shape index (κ3) is 11.8. The van der Waals surface area contributed by atoms with Crippen LogP contribution >= 0.6 is 11.8 Å². The Hall–Kier alpha value is -0.420. The van der Waals surface area contributed by atoms with Crippen molar-refractivity contribution in [2.45, 2.75) is 38.6 Å². The molecule has 0 fully saturated rings. The predicted octanol–water partition coefficient (Wildman–Crippen LogP) is 1.85. The van der Waals surface area contributed by atoms with Gasteiger partial charge in [-0.25, -0.2) is 0 Å². The molecular weight excluding hydrogens is 234 g/mol. The van der Waals surface area contributed by atoms with Gasteiger partial charge in [-0.2, -0.15) is 11.8 Å². The number of guanidine groups is 1. The summed E-state index contributed by atoms with van der Waals surface area (Å²) in [5.74, 6) is 1.79. The van der Waals surface area contributed by atoms with E-state index in [-0.39, 0.29) is 6.04 Å². The van der Waals surface area contributed by atoms with Crippen LogP contribution in [0.2, 0.25) is 0 Å². The number of rotatable bonds is 10. The van der Waals surface area contributed by atoms with E-state index in [1.807, 2.05) is 18.7 Å². The van der Waals surface area contributed by atoms with E-state index >= 15 is 0 Å². The maximum absolute atomic E-state index is 5.75. The molecule has 0 rings (SSSR count). The molecule has 5 heteroatoms. The highest BCUT2D eigenvalue weighted by Crippen LogP contribution is 2.04. The van der Waals surface area contributed by atoms with Crippen LogP contribution in [0.15, 0.2) is 4.99 Å². The average molecular weight is 261 g/mol. The molecule has 0 saturated carbocycles. The summed E-state index contributed by atoms with van der Waals surface area (Å²) in [5, 5.41) is 3.09. The molecule has 0 aliphatic carbocycles. The number of hydrogen-bond acceptors (Lipinski definition) is 3. The first-order valence-corrected chi connectivity index (χ1v) is 7.64. The van der Waals surface area contributed by atoms with Crippen molar-refractivity contribution in [2.75, 3.05) is 32.3 Å². The van der Waals surface area contributed by atoms with Crippen molar-refractivity contribution in [1.29, 1.82) is 0 Å². The lowest BCUT2D eigenvalue weighted by Crippen LogP contribution is -2.40. The van der Waals surface area contributed by atoms with Crippen molar-refractivity contribution < 1.29 is 4.74 Å². The Morgan fingerprint density at radius 1 is 1.35 bits per heavy atom. The average Bonchev–Trinajstić information content (AvgIpc) is 2.28. The number of aliphatic imine (C=N–C) groups is 1. The van der Waals surface area contributed by atoms with E-state index in [2.05, 4.69) is 16.6 Å². The van der Waals surface area contributed by atoms with Crippen molar-refractivity contribution in [3.63, 3.8) is 0 Å². The lowest BCUT2D eigenvalue weighted by atomic mass is 10.2. The number of unbranched alkanes of at least 4 members (excludes halogenated alkanes) is 3. The first-order valence-electron chi connectivity index (χ1n) is 6.25. The molecule has 3 N–H and O–H groups in total. The van der Waals surface area contributed by atoms with Crippen LogP contribution in [0.25, 0.3) is 0 Å². The van der Waals surface area contributed by atoms with Gasteiger partial charge in [-0.3, -0.25) is 4.99 Å². The third-order valence-corrected chi connectivity index (χ3v) is 3.05. The Bertz CT molecular complexity index is 200. The largest absolute Gasteiger partial charge is 0.383 e. The summed E-state index contributed by atoms with van der Waals surface area (Å²) in [6, 6.07) is 0.213. The number of nitrogens with two attached hydrogens (primary N) is 1. The van der Waals surface area contributed by atoms with Crippen LogP contribution in [0.1, 0.15) is 32.6 Å². The van der Waals surface area contributed by atoms with E-state index < -0.39 is 0 Å². The standard InChI is InChI=1S/C12H27N3OS/c1-11(10-16-2)15-12(13)14-8-6-4-5-7-9-17-3/h11H,4-10H2,1-3H3,(H3,13,14,15). The second-order valence-electron chi connectivity index (χ2n) is 4.17. The fourth-order valence-electron chi connectivity index (χ4n) is 1.50. The highest BCUT2D eigenvalue weighted by atomic mass is 32.2. The van der Waals surface area contributed by atoms with Gasteiger partial charge in [0.15, 0.2) is 5.96 Å². The highest BCUT2D eigenvalue weighted by Gasteiger charge is 2.00. The number of hydrogen-bond donors (Lipinski definition) is 2. The normalized spacial score (nSPS) is 13.7. The molecule has 0 aromatic rings. The summed E-state index contributed by atoms with van der Waals surface area (Å²) >= 11 is 1.91. The van der Waals surface area contributed by atoms with Gasteiger partial charge < -0.3 is 15.8 Å². The number of nitrogens with one attached hydrogen (secondary N) is 1. The number of ether oxygens (including phenoxy) is 1. The first-order chi connectivity index (χ1) is 8.20. The van der Waals surface area contributed by atoms with Gasteiger partial charge in [-0.15, -0.1) is 0 Å². The fraction of sp³-hybridized carbons (Fsp3) is 0.917. The van der Waals surface area contributed by atoms with Crippen molar-refractivity contribution in [2.24, 2.45) is 10.7 Å². The van der Waals surface area contributed by atoms with E-state index in [0.29, 0.717) is 12.6 Å². The van der Waals surface area contributed by atoms with Crippen LogP contribution in [-0.2, 0) is 4.74 Å². The van der Waals surface area contributed by atoms with Gasteiger partial charge in [0, 0.05) is 19.7 Å². The van der Waals surface area contributed by atoms with E-state index in [1.165, 1.54) is 25.0 Å². The van der Waals surface area contributed by atoms with Crippen LogP contribution in [0.4, 0.5) is 0 Å². The predicted molar refractivity (Wildman–Crippen MR) is 77.8 cm³/mol. The van der Waals surface area contributed by atoms with Gasteiger partial charge in [-0.1, -0.05) is 12.8 Å². The van der Waals surface area contributed by atoms with Gasteiger partial charge in [0.2, 0.25) is 0 Å². The SMILES string of the molecule is COCC(C)NC(N)=NCCCCCCSC. The first kappa shape index (κ1) is 16.6. The minimum absolute atomic E-state index is 0.213. The fourth-order valence-corrected chi connectivity index (χ4v) is 1.99. The summed E-state index contributed by atoms with van der Waals surface area (Å²) in [6.45, 7) is 3.48. The molecule has 0 spiro atoms. The second-order valence-corrected chi connectivity index (χ2v) is 5.16.